The summed E-state index contributed by atoms with van der Waals surface area (Å²) in [7, 11) is 1.22. The number of hydrogen-bond acceptors (Lipinski definition) is 4. The van der Waals surface area contributed by atoms with Crippen molar-refractivity contribution in [3.05, 3.63) is 56.5 Å². The molecule has 6 heteroatoms. The molecule has 5 nitrogen and oxygen atoms in total. The molecule has 2 aromatic rings. The van der Waals surface area contributed by atoms with E-state index in [1.165, 1.54) is 11.8 Å². The van der Waals surface area contributed by atoms with Gasteiger partial charge in [-0.15, -0.1) is 0 Å². The summed E-state index contributed by atoms with van der Waals surface area (Å²) in [6, 6.07) is 5.35. The lowest BCUT2D eigenvalue weighted by atomic mass is 10.1. The number of aryl methyl sites for hydroxylation is 2. The van der Waals surface area contributed by atoms with Gasteiger partial charge < -0.3 is 4.74 Å². The number of methoxy groups -OCH3 is 1. The van der Waals surface area contributed by atoms with E-state index in [4.69, 9.17) is 11.6 Å². The minimum Gasteiger partial charge on any atom is -0.464 e. The Labute approximate surface area is 127 Å². The first-order valence-corrected chi connectivity index (χ1v) is 6.83. The van der Waals surface area contributed by atoms with Crippen molar-refractivity contribution in [2.75, 3.05) is 7.11 Å². The molecule has 0 amide bonds. The molecule has 110 valence electrons. The zero-order valence-electron chi connectivity index (χ0n) is 12.0. The molecule has 0 aliphatic heterocycles. The van der Waals surface area contributed by atoms with Crippen LogP contribution in [-0.4, -0.2) is 22.9 Å². The maximum Gasteiger partial charge on any atom is 0.362 e. The third kappa shape index (κ3) is 2.97. The van der Waals surface area contributed by atoms with Crippen molar-refractivity contribution in [1.29, 1.82) is 0 Å². The molecular formula is C15H15ClN2O3. The number of aromatic nitrogens is 2. The Hall–Kier alpha value is -2.14. The smallest absolute Gasteiger partial charge is 0.362 e. The molecule has 1 heterocycles. The van der Waals surface area contributed by atoms with E-state index in [-0.39, 0.29) is 5.69 Å². The molecule has 0 fully saturated rings. The highest BCUT2D eigenvalue weighted by Crippen LogP contribution is 2.18. The van der Waals surface area contributed by atoms with E-state index in [0.717, 1.165) is 5.56 Å². The first kappa shape index (κ1) is 15.3. The molecule has 0 N–H and O–H groups in total. The number of ether oxygens (including phenoxy) is 1. The number of hydrogen-bond donors (Lipinski definition) is 0. The fraction of sp³-hybridized carbons (Fsp3) is 0.267. The van der Waals surface area contributed by atoms with Crippen LogP contribution in [0, 0.1) is 6.92 Å². The van der Waals surface area contributed by atoms with Gasteiger partial charge in [-0.25, -0.2) is 9.48 Å². The number of carbonyl (C=O) groups excluding carboxylic acids is 1. The normalized spacial score (nSPS) is 10.5. The van der Waals surface area contributed by atoms with Gasteiger partial charge in [0.25, 0.3) is 0 Å². The lowest BCUT2D eigenvalue weighted by Crippen LogP contribution is -2.25. The van der Waals surface area contributed by atoms with Crippen LogP contribution < -0.4 is 5.43 Å². The Morgan fingerprint density at radius 2 is 2.14 bits per heavy atom. The van der Waals surface area contributed by atoms with Gasteiger partial charge in [-0.1, -0.05) is 24.6 Å². The summed E-state index contributed by atoms with van der Waals surface area (Å²) in [5.41, 5.74) is 1.50. The van der Waals surface area contributed by atoms with Crippen molar-refractivity contribution in [1.82, 2.24) is 9.78 Å². The van der Waals surface area contributed by atoms with Crippen molar-refractivity contribution < 1.29 is 9.53 Å². The fourth-order valence-corrected chi connectivity index (χ4v) is 2.14. The van der Waals surface area contributed by atoms with Crippen LogP contribution in [0.3, 0.4) is 0 Å². The third-order valence-electron chi connectivity index (χ3n) is 3.17. The van der Waals surface area contributed by atoms with Gasteiger partial charge in [0, 0.05) is 16.8 Å². The average Bonchev–Trinajstić information content (AvgIpc) is 2.49. The summed E-state index contributed by atoms with van der Waals surface area (Å²) in [5.74, 6) is -0.747. The molecule has 0 radical (unpaired) electrons. The standard InChI is InChI=1S/C15H15ClN2O3/c1-4-10-8-18(12-7-11(16)6-5-9(12)2)17-13(14(10)19)15(20)21-3/h5-8H,4H2,1-3H3. The molecule has 0 aliphatic rings. The van der Waals surface area contributed by atoms with E-state index >= 15 is 0 Å². The fourth-order valence-electron chi connectivity index (χ4n) is 1.98. The topological polar surface area (TPSA) is 61.2 Å². The first-order valence-electron chi connectivity index (χ1n) is 6.45. The van der Waals surface area contributed by atoms with E-state index in [1.54, 1.807) is 18.3 Å². The Kier molecular flexibility index (Phi) is 4.43. The second-order valence-electron chi connectivity index (χ2n) is 4.55. The van der Waals surface area contributed by atoms with Crippen LogP contribution in [-0.2, 0) is 11.2 Å². The lowest BCUT2D eigenvalue weighted by molar-refractivity contribution is 0.0590. The molecule has 0 aliphatic carbocycles. The number of esters is 1. The van der Waals surface area contributed by atoms with Crippen molar-refractivity contribution in [3.63, 3.8) is 0 Å². The van der Waals surface area contributed by atoms with E-state index < -0.39 is 11.4 Å². The molecule has 0 saturated carbocycles. The van der Waals surface area contributed by atoms with E-state index in [2.05, 4.69) is 9.84 Å². The summed E-state index contributed by atoms with van der Waals surface area (Å²) in [5, 5.41) is 4.64. The van der Waals surface area contributed by atoms with Gasteiger partial charge in [0.15, 0.2) is 0 Å². The van der Waals surface area contributed by atoms with Crippen LogP contribution in [0.5, 0.6) is 0 Å². The van der Waals surface area contributed by atoms with Crippen LogP contribution >= 0.6 is 11.6 Å². The molecule has 0 saturated heterocycles. The van der Waals surface area contributed by atoms with Crippen LogP contribution in [0.15, 0.2) is 29.2 Å². The molecule has 1 aromatic heterocycles. The van der Waals surface area contributed by atoms with Crippen molar-refractivity contribution in [2.24, 2.45) is 0 Å². The maximum absolute atomic E-state index is 12.1. The number of carbonyl (C=O) groups is 1. The van der Waals surface area contributed by atoms with Gasteiger partial charge in [-0.05, 0) is 31.0 Å². The molecule has 2 rings (SSSR count). The molecule has 0 unspecified atom stereocenters. The van der Waals surface area contributed by atoms with Crippen LogP contribution in [0.2, 0.25) is 5.02 Å². The summed E-state index contributed by atoms with van der Waals surface area (Å²) in [6.07, 6.45) is 2.11. The number of halogens is 1. The Morgan fingerprint density at radius 3 is 2.76 bits per heavy atom. The predicted octanol–water partition coefficient (Wildman–Crippen LogP) is 2.54. The van der Waals surface area contributed by atoms with Crippen molar-refractivity contribution in [2.45, 2.75) is 20.3 Å². The predicted molar refractivity (Wildman–Crippen MR) is 80.3 cm³/mol. The zero-order chi connectivity index (χ0) is 15.6. The van der Waals surface area contributed by atoms with E-state index in [9.17, 15) is 9.59 Å². The molecule has 0 bridgehead atoms. The monoisotopic (exact) mass is 306 g/mol. The quantitative estimate of drug-likeness (QED) is 0.818. The highest BCUT2D eigenvalue weighted by molar-refractivity contribution is 6.30. The summed E-state index contributed by atoms with van der Waals surface area (Å²) in [4.78, 5) is 23.8. The molecular weight excluding hydrogens is 292 g/mol. The zero-order valence-corrected chi connectivity index (χ0v) is 12.8. The minimum absolute atomic E-state index is 0.226. The summed E-state index contributed by atoms with van der Waals surface area (Å²) in [6.45, 7) is 3.74. The number of nitrogens with zero attached hydrogens (tertiary/aromatic N) is 2. The van der Waals surface area contributed by atoms with E-state index in [0.29, 0.717) is 22.7 Å². The largest absolute Gasteiger partial charge is 0.464 e. The highest BCUT2D eigenvalue weighted by atomic mass is 35.5. The molecule has 21 heavy (non-hydrogen) atoms. The minimum atomic E-state index is -0.747. The molecule has 1 aromatic carbocycles. The summed E-state index contributed by atoms with van der Waals surface area (Å²) < 4.78 is 6.11. The van der Waals surface area contributed by atoms with Gasteiger partial charge in [0.2, 0.25) is 11.1 Å². The van der Waals surface area contributed by atoms with Crippen LogP contribution in [0.1, 0.15) is 28.5 Å². The van der Waals surface area contributed by atoms with Gasteiger partial charge in [-0.2, -0.15) is 5.10 Å². The summed E-state index contributed by atoms with van der Waals surface area (Å²) >= 11 is 6.01. The maximum atomic E-state index is 12.1. The first-order chi connectivity index (χ1) is 9.97. The third-order valence-corrected chi connectivity index (χ3v) is 3.41. The van der Waals surface area contributed by atoms with Gasteiger partial charge in [0.1, 0.15) is 0 Å². The second-order valence-corrected chi connectivity index (χ2v) is 4.99. The van der Waals surface area contributed by atoms with Crippen LogP contribution in [0.4, 0.5) is 0 Å². The molecule has 0 spiro atoms. The van der Waals surface area contributed by atoms with Gasteiger partial charge in [0.05, 0.1) is 12.8 Å². The van der Waals surface area contributed by atoms with Gasteiger partial charge >= 0.3 is 5.97 Å². The average molecular weight is 307 g/mol. The van der Waals surface area contributed by atoms with Crippen molar-refractivity contribution in [3.8, 4) is 5.69 Å². The lowest BCUT2D eigenvalue weighted by Gasteiger charge is -2.12. The SMILES string of the molecule is CCc1cn(-c2cc(Cl)ccc2C)nc(C(=O)OC)c1=O. The van der Waals surface area contributed by atoms with Crippen molar-refractivity contribution >= 4 is 17.6 Å². The Balaban J connectivity index is 2.72. The van der Waals surface area contributed by atoms with E-state index in [1.807, 2.05) is 19.9 Å². The highest BCUT2D eigenvalue weighted by Gasteiger charge is 2.17. The number of benzene rings is 1. The van der Waals surface area contributed by atoms with Crippen LogP contribution in [0.25, 0.3) is 5.69 Å². The number of rotatable bonds is 3. The second kappa shape index (κ2) is 6.10. The Morgan fingerprint density at radius 1 is 1.43 bits per heavy atom. The van der Waals surface area contributed by atoms with Gasteiger partial charge in [-0.3, -0.25) is 4.79 Å². The Bertz CT molecular complexity index is 753. The molecule has 0 atom stereocenters.